The molecule has 0 aliphatic carbocycles. The molecule has 1 aliphatic heterocycles. The van der Waals surface area contributed by atoms with E-state index in [0.29, 0.717) is 24.9 Å². The second kappa shape index (κ2) is 8.53. The highest BCUT2D eigenvalue weighted by atomic mass is 32.2. The summed E-state index contributed by atoms with van der Waals surface area (Å²) >= 11 is 0. The molecule has 1 aliphatic rings. The van der Waals surface area contributed by atoms with Crippen LogP contribution in [0.2, 0.25) is 0 Å². The Morgan fingerprint density at radius 3 is 2.58 bits per heavy atom. The molecule has 8 heteroatoms. The Morgan fingerprint density at radius 1 is 1.27 bits per heavy atom. The smallest absolute Gasteiger partial charge is 0.338 e. The van der Waals surface area contributed by atoms with Gasteiger partial charge in [-0.05, 0) is 31.0 Å². The zero-order valence-corrected chi connectivity index (χ0v) is 16.3. The van der Waals surface area contributed by atoms with Crippen LogP contribution in [0.3, 0.4) is 0 Å². The molecule has 0 unspecified atom stereocenters. The monoisotopic (exact) mass is 382 g/mol. The van der Waals surface area contributed by atoms with Crippen LogP contribution in [0.15, 0.2) is 24.3 Å². The molecule has 1 amide bonds. The number of rotatable bonds is 7. The SMILES string of the molecule is CCCN(C(=O)COC(=O)c1cccc(N(C)C)c1)[C@@H]1CCS(=O)(=O)C1. The van der Waals surface area contributed by atoms with Gasteiger partial charge in [0.2, 0.25) is 0 Å². The number of carbonyl (C=O) groups excluding carboxylic acids is 2. The third-order valence-corrected chi connectivity index (χ3v) is 6.11. The third kappa shape index (κ3) is 5.20. The van der Waals surface area contributed by atoms with Crippen molar-refractivity contribution >= 4 is 27.4 Å². The molecule has 1 aromatic carbocycles. The summed E-state index contributed by atoms with van der Waals surface area (Å²) in [5.41, 5.74) is 1.23. The second-order valence-electron chi connectivity index (χ2n) is 6.66. The van der Waals surface area contributed by atoms with Crippen LogP contribution in [-0.2, 0) is 19.4 Å². The maximum absolute atomic E-state index is 12.5. The van der Waals surface area contributed by atoms with Crippen LogP contribution in [0.5, 0.6) is 0 Å². The van der Waals surface area contributed by atoms with Gasteiger partial charge in [0.1, 0.15) is 0 Å². The predicted molar refractivity (Wildman–Crippen MR) is 100 cm³/mol. The topological polar surface area (TPSA) is 84.0 Å². The summed E-state index contributed by atoms with van der Waals surface area (Å²) in [5.74, 6) is -0.844. The zero-order chi connectivity index (χ0) is 19.3. The van der Waals surface area contributed by atoms with Gasteiger partial charge in [0.25, 0.3) is 5.91 Å². The average Bonchev–Trinajstić information content (AvgIpc) is 2.96. The number of sulfone groups is 1. The highest BCUT2D eigenvalue weighted by molar-refractivity contribution is 7.91. The minimum Gasteiger partial charge on any atom is -0.452 e. The lowest BCUT2D eigenvalue weighted by Gasteiger charge is -2.27. The molecule has 0 aromatic heterocycles. The van der Waals surface area contributed by atoms with E-state index in [4.69, 9.17) is 4.74 Å². The van der Waals surface area contributed by atoms with Gasteiger partial charge in [-0.15, -0.1) is 0 Å². The molecular weight excluding hydrogens is 356 g/mol. The molecule has 0 saturated carbocycles. The third-order valence-electron chi connectivity index (χ3n) is 4.36. The van der Waals surface area contributed by atoms with E-state index in [0.717, 1.165) is 5.69 Å². The fraction of sp³-hybridized carbons (Fsp3) is 0.556. The van der Waals surface area contributed by atoms with E-state index in [-0.39, 0.29) is 30.1 Å². The fourth-order valence-electron chi connectivity index (χ4n) is 2.98. The van der Waals surface area contributed by atoms with Crippen LogP contribution in [0.1, 0.15) is 30.1 Å². The predicted octanol–water partition coefficient (Wildman–Crippen LogP) is 1.34. The van der Waals surface area contributed by atoms with Crippen LogP contribution >= 0.6 is 0 Å². The largest absolute Gasteiger partial charge is 0.452 e. The number of nitrogens with zero attached hydrogens (tertiary/aromatic N) is 2. The Kier molecular flexibility index (Phi) is 6.63. The van der Waals surface area contributed by atoms with E-state index in [2.05, 4.69) is 0 Å². The van der Waals surface area contributed by atoms with Gasteiger partial charge in [0.05, 0.1) is 17.1 Å². The molecule has 1 saturated heterocycles. The van der Waals surface area contributed by atoms with Gasteiger partial charge in [0.15, 0.2) is 16.4 Å². The standard InChI is InChI=1S/C18H26N2O5S/c1-4-9-20(16-8-10-26(23,24)13-16)17(21)12-25-18(22)14-6-5-7-15(11-14)19(2)3/h5-7,11,16H,4,8-10,12-13H2,1-3H3/t16-/m1/s1. The van der Waals surface area contributed by atoms with Crippen LogP contribution in [0.4, 0.5) is 5.69 Å². The minimum atomic E-state index is -3.09. The Balaban J connectivity index is 1.99. The van der Waals surface area contributed by atoms with Gasteiger partial charge in [-0.1, -0.05) is 13.0 Å². The van der Waals surface area contributed by atoms with Crippen molar-refractivity contribution in [2.24, 2.45) is 0 Å². The minimum absolute atomic E-state index is 0.0163. The van der Waals surface area contributed by atoms with E-state index < -0.39 is 15.8 Å². The summed E-state index contributed by atoms with van der Waals surface area (Å²) < 4.78 is 28.5. The Bertz CT molecular complexity index is 761. The van der Waals surface area contributed by atoms with Crippen molar-refractivity contribution in [1.82, 2.24) is 4.90 Å². The molecule has 1 atom stereocenters. The van der Waals surface area contributed by atoms with Crippen molar-refractivity contribution in [2.45, 2.75) is 25.8 Å². The number of hydrogen-bond donors (Lipinski definition) is 0. The van der Waals surface area contributed by atoms with Gasteiger partial charge in [-0.3, -0.25) is 4.79 Å². The molecule has 0 N–H and O–H groups in total. The molecule has 2 rings (SSSR count). The van der Waals surface area contributed by atoms with Crippen molar-refractivity contribution in [2.75, 3.05) is 43.7 Å². The van der Waals surface area contributed by atoms with Gasteiger partial charge in [-0.25, -0.2) is 13.2 Å². The van der Waals surface area contributed by atoms with Crippen molar-refractivity contribution in [3.8, 4) is 0 Å². The number of carbonyl (C=O) groups is 2. The zero-order valence-electron chi connectivity index (χ0n) is 15.5. The number of anilines is 1. The number of benzene rings is 1. The summed E-state index contributed by atoms with van der Waals surface area (Å²) in [6, 6.07) is 6.61. The van der Waals surface area contributed by atoms with E-state index in [1.165, 1.54) is 4.90 Å². The second-order valence-corrected chi connectivity index (χ2v) is 8.89. The number of hydrogen-bond acceptors (Lipinski definition) is 6. The van der Waals surface area contributed by atoms with E-state index in [1.807, 2.05) is 32.0 Å². The Hall–Kier alpha value is -2.09. The maximum Gasteiger partial charge on any atom is 0.338 e. The Morgan fingerprint density at radius 2 is 2.00 bits per heavy atom. The lowest BCUT2D eigenvalue weighted by atomic mass is 10.2. The normalized spacial score (nSPS) is 18.3. The van der Waals surface area contributed by atoms with E-state index in [1.54, 1.807) is 18.2 Å². The van der Waals surface area contributed by atoms with Gasteiger partial charge in [0, 0.05) is 32.4 Å². The Labute approximate surface area is 154 Å². The molecule has 1 aromatic rings. The maximum atomic E-state index is 12.5. The lowest BCUT2D eigenvalue weighted by molar-refractivity contribution is -0.136. The van der Waals surface area contributed by atoms with Crippen LogP contribution in [-0.4, -0.2) is 70.0 Å². The summed E-state index contributed by atoms with van der Waals surface area (Å²) in [6.45, 7) is 1.98. The van der Waals surface area contributed by atoms with Crippen LogP contribution in [0.25, 0.3) is 0 Å². The summed E-state index contributed by atoms with van der Waals surface area (Å²) in [5, 5.41) is 0. The molecule has 1 fully saturated rings. The number of ether oxygens (including phenoxy) is 1. The van der Waals surface area contributed by atoms with Gasteiger partial charge < -0.3 is 14.5 Å². The molecule has 0 spiro atoms. The average molecular weight is 382 g/mol. The molecule has 0 bridgehead atoms. The molecular formula is C18H26N2O5S. The van der Waals surface area contributed by atoms with Crippen molar-refractivity contribution < 1.29 is 22.7 Å². The molecule has 7 nitrogen and oxygen atoms in total. The van der Waals surface area contributed by atoms with Gasteiger partial charge in [-0.2, -0.15) is 0 Å². The van der Waals surface area contributed by atoms with Crippen molar-refractivity contribution in [3.63, 3.8) is 0 Å². The first-order chi connectivity index (χ1) is 12.2. The number of amides is 1. The molecule has 0 radical (unpaired) electrons. The first-order valence-corrected chi connectivity index (χ1v) is 10.5. The highest BCUT2D eigenvalue weighted by Crippen LogP contribution is 2.19. The fourth-order valence-corrected chi connectivity index (χ4v) is 4.71. The summed E-state index contributed by atoms with van der Waals surface area (Å²) in [4.78, 5) is 28.1. The van der Waals surface area contributed by atoms with Crippen LogP contribution in [0, 0.1) is 0 Å². The first-order valence-electron chi connectivity index (χ1n) is 8.68. The lowest BCUT2D eigenvalue weighted by Crippen LogP contribution is -2.43. The molecule has 26 heavy (non-hydrogen) atoms. The van der Waals surface area contributed by atoms with E-state index >= 15 is 0 Å². The quantitative estimate of drug-likeness (QED) is 0.662. The van der Waals surface area contributed by atoms with Gasteiger partial charge >= 0.3 is 5.97 Å². The van der Waals surface area contributed by atoms with E-state index in [9.17, 15) is 18.0 Å². The highest BCUT2D eigenvalue weighted by Gasteiger charge is 2.34. The van der Waals surface area contributed by atoms with Crippen LogP contribution < -0.4 is 4.90 Å². The summed E-state index contributed by atoms with van der Waals surface area (Å²) in [6.07, 6.45) is 1.15. The molecule has 1 heterocycles. The number of esters is 1. The summed E-state index contributed by atoms with van der Waals surface area (Å²) in [7, 11) is 0.649. The molecule has 144 valence electrons. The van der Waals surface area contributed by atoms with Crippen molar-refractivity contribution in [3.05, 3.63) is 29.8 Å². The first kappa shape index (κ1) is 20.2. The van der Waals surface area contributed by atoms with Crippen molar-refractivity contribution in [1.29, 1.82) is 0 Å².